The number of nitrogens with one attached hydrogen (secondary N) is 2. The van der Waals surface area contributed by atoms with Gasteiger partial charge in [0.15, 0.2) is 0 Å². The zero-order valence-corrected chi connectivity index (χ0v) is 26.2. The molecule has 46 heavy (non-hydrogen) atoms. The molecule has 0 saturated heterocycles. The number of hydrogen-bond donors (Lipinski definition) is 3. The summed E-state index contributed by atoms with van der Waals surface area (Å²) in [4.78, 5) is 39.6. The van der Waals surface area contributed by atoms with Gasteiger partial charge in [0.1, 0.15) is 0 Å². The summed E-state index contributed by atoms with van der Waals surface area (Å²) >= 11 is 0. The second-order valence-electron chi connectivity index (χ2n) is 9.63. The van der Waals surface area contributed by atoms with Gasteiger partial charge in [0.2, 0.25) is 10.0 Å². The van der Waals surface area contributed by atoms with E-state index in [9.17, 15) is 49.1 Å². The number of nitrogen functional groups attached to an aromatic ring is 1. The van der Waals surface area contributed by atoms with Gasteiger partial charge in [-0.25, -0.2) is 22.8 Å². The Morgan fingerprint density at radius 2 is 1.41 bits per heavy atom. The normalized spacial score (nSPS) is 13.5. The lowest BCUT2D eigenvalue weighted by Gasteiger charge is -2.20. The summed E-state index contributed by atoms with van der Waals surface area (Å²) in [7, 11) is -2.84. The van der Waals surface area contributed by atoms with Gasteiger partial charge in [-0.1, -0.05) is 0 Å². The number of methoxy groups -OCH3 is 1. The molecule has 256 valence electrons. The minimum atomic E-state index is -4.74. The van der Waals surface area contributed by atoms with Gasteiger partial charge in [-0.2, -0.15) is 31.0 Å². The molecule has 0 aliphatic carbocycles. The van der Waals surface area contributed by atoms with Crippen LogP contribution in [0, 0.1) is 0 Å². The molecular weight excluding hydrogens is 654 g/mol. The second kappa shape index (κ2) is 14.5. The number of nitrogens with two attached hydrogens (primary N) is 1. The maximum Gasteiger partial charge on any atom is 0.416 e. The Kier molecular flexibility index (Phi) is 12.0. The molecule has 2 atom stereocenters. The van der Waals surface area contributed by atoms with Crippen molar-refractivity contribution in [2.45, 2.75) is 52.3 Å². The van der Waals surface area contributed by atoms with Crippen LogP contribution in [0.25, 0.3) is 10.9 Å². The molecule has 0 bridgehead atoms. The van der Waals surface area contributed by atoms with Crippen LogP contribution < -0.4 is 21.8 Å². The zero-order chi connectivity index (χ0) is 35.4. The highest BCUT2D eigenvalue weighted by atomic mass is 32.2. The van der Waals surface area contributed by atoms with Crippen molar-refractivity contribution < 1.29 is 53.8 Å². The van der Waals surface area contributed by atoms with Gasteiger partial charge in [0, 0.05) is 18.9 Å². The van der Waals surface area contributed by atoms with Crippen LogP contribution in [0.4, 0.5) is 32.0 Å². The summed E-state index contributed by atoms with van der Waals surface area (Å²) < 4.78 is 117. The van der Waals surface area contributed by atoms with Gasteiger partial charge in [-0.05, 0) is 63.1 Å². The fourth-order valence-corrected chi connectivity index (χ4v) is 4.79. The van der Waals surface area contributed by atoms with Crippen molar-refractivity contribution in [2.24, 2.45) is 0 Å². The van der Waals surface area contributed by atoms with E-state index in [0.717, 1.165) is 31.6 Å². The summed E-state index contributed by atoms with van der Waals surface area (Å²) in [6.45, 7) is 6.52. The van der Waals surface area contributed by atoms with E-state index in [2.05, 4.69) is 9.72 Å². The van der Waals surface area contributed by atoms with Crippen molar-refractivity contribution in [3.05, 3.63) is 72.9 Å². The number of ether oxygens (including phenoxy) is 3. The lowest BCUT2D eigenvalue weighted by Crippen LogP contribution is -2.43. The molecule has 0 spiro atoms. The molecule has 0 fully saturated rings. The molecule has 0 amide bonds. The van der Waals surface area contributed by atoms with Crippen molar-refractivity contribution in [2.75, 3.05) is 37.1 Å². The van der Waals surface area contributed by atoms with E-state index < -0.39 is 62.9 Å². The Morgan fingerprint density at radius 1 is 0.935 bits per heavy atom. The molecule has 2 aromatic carbocycles. The fraction of sp³-hybridized carbons (Fsp3) is 0.444. The molecule has 1 aromatic heterocycles. The number of carbonyl (C=O) groups is 1. The van der Waals surface area contributed by atoms with Crippen LogP contribution in [-0.4, -0.2) is 50.6 Å². The third-order valence-corrected chi connectivity index (χ3v) is 6.79. The minimum Gasteiger partial charge on any atom is -0.465 e. The summed E-state index contributed by atoms with van der Waals surface area (Å²) in [5.41, 5.74) is -0.00524. The lowest BCUT2D eigenvalue weighted by molar-refractivity contribution is -0.140. The van der Waals surface area contributed by atoms with Gasteiger partial charge in [-0.3, -0.25) is 4.79 Å². The number of carbonyl (C=O) groups excluding carboxylic acids is 1. The maximum atomic E-state index is 13.4. The van der Waals surface area contributed by atoms with Crippen molar-refractivity contribution in [3.8, 4) is 0 Å². The van der Waals surface area contributed by atoms with Gasteiger partial charge >= 0.3 is 24.0 Å². The van der Waals surface area contributed by atoms with Crippen LogP contribution in [-0.2, 0) is 36.6 Å². The Balaban J connectivity index is 0.000000332. The molecule has 0 aliphatic heterocycles. The molecule has 0 aliphatic rings. The van der Waals surface area contributed by atoms with E-state index in [-0.39, 0.29) is 51.2 Å². The number of hydrogen-bond acceptors (Lipinski definition) is 9. The number of aromatic nitrogens is 2. The monoisotopic (exact) mass is 686 g/mol. The molecule has 0 saturated carbocycles. The molecule has 3 aromatic rings. The average Bonchev–Trinajstić information content (AvgIpc) is 2.93. The highest BCUT2D eigenvalue weighted by Crippen LogP contribution is 2.39. The number of esters is 1. The Hall–Kier alpha value is -4.10. The van der Waals surface area contributed by atoms with Crippen molar-refractivity contribution in [1.82, 2.24) is 9.66 Å². The van der Waals surface area contributed by atoms with Crippen molar-refractivity contribution >= 4 is 32.6 Å². The van der Waals surface area contributed by atoms with Crippen LogP contribution in [0.2, 0.25) is 0 Å². The number of halogens is 6. The van der Waals surface area contributed by atoms with Crippen LogP contribution in [0.5, 0.6) is 0 Å². The highest BCUT2D eigenvalue weighted by molar-refractivity contribution is 7.91. The number of sulfonamides is 1. The molecule has 4 N–H and O–H groups in total. The predicted octanol–water partition coefficient (Wildman–Crippen LogP) is 4.48. The maximum absolute atomic E-state index is 13.4. The van der Waals surface area contributed by atoms with Crippen LogP contribution >= 0.6 is 0 Å². The number of alkyl halides is 6. The molecule has 0 radical (unpaired) electrons. The van der Waals surface area contributed by atoms with Crippen molar-refractivity contribution in [1.29, 1.82) is 0 Å². The van der Waals surface area contributed by atoms with Crippen LogP contribution in [0.15, 0.2) is 33.9 Å². The third kappa shape index (κ3) is 9.23. The van der Waals surface area contributed by atoms with E-state index in [0.29, 0.717) is 6.07 Å². The predicted molar refractivity (Wildman–Crippen MR) is 155 cm³/mol. The molecule has 2 unspecified atom stereocenters. The fourth-order valence-electron chi connectivity index (χ4n) is 4.29. The number of nitrogens with zero attached hydrogens (tertiary/aromatic N) is 1. The first-order valence-corrected chi connectivity index (χ1v) is 15.2. The zero-order valence-electron chi connectivity index (χ0n) is 25.3. The summed E-state index contributed by atoms with van der Waals surface area (Å²) in [6, 6.07) is 3.38. The quantitative estimate of drug-likeness (QED) is 0.167. The van der Waals surface area contributed by atoms with Gasteiger partial charge in [-0.15, -0.1) is 0 Å². The van der Waals surface area contributed by atoms with E-state index in [4.69, 9.17) is 15.2 Å². The van der Waals surface area contributed by atoms with E-state index in [1.54, 1.807) is 18.7 Å². The van der Waals surface area contributed by atoms with Crippen molar-refractivity contribution in [3.63, 3.8) is 0 Å². The molecule has 1 heterocycles. The molecule has 12 nitrogen and oxygen atoms in total. The molecule has 3 rings (SSSR count). The minimum absolute atomic E-state index is 0.109. The SMILES string of the molecule is CCOC(C)c1cc(C(=O)OC)c(N)cc1C(F)(F)F.CCOC(C)c1cc2c(=O)n(NS(C)(=O)=O)c(=O)[nH]c2cc1C(F)(F)F. The standard InChI is InChI=1S/C14H16F3N3O5S.C13H16F3NO3/c1-4-25-7(2)8-5-9-11(6-10(8)14(15,16)17)18-13(22)20(12(9)21)19-26(3,23)24;1-4-20-7(2)8-5-9(12(18)19-3)11(17)6-10(8)13(14,15)16/h5-7,19H,4H2,1-3H3,(H,18,22);5-7H,4,17H2,1-3H3. The van der Waals surface area contributed by atoms with Gasteiger partial charge in [0.25, 0.3) is 5.56 Å². The first-order valence-electron chi connectivity index (χ1n) is 13.3. The van der Waals surface area contributed by atoms with Gasteiger partial charge < -0.3 is 24.9 Å². The largest absolute Gasteiger partial charge is 0.465 e. The second-order valence-corrected chi connectivity index (χ2v) is 11.4. The van der Waals surface area contributed by atoms with E-state index >= 15 is 0 Å². The first-order chi connectivity index (χ1) is 21.1. The van der Waals surface area contributed by atoms with Gasteiger partial charge in [0.05, 0.1) is 53.2 Å². The summed E-state index contributed by atoms with van der Waals surface area (Å²) in [5.74, 6) is -0.791. The summed E-state index contributed by atoms with van der Waals surface area (Å²) in [5, 5.41) is -0.296. The van der Waals surface area contributed by atoms with E-state index in [1.807, 2.05) is 0 Å². The molecular formula is C27H32F6N4O8S. The number of fused-ring (bicyclic) bond motifs is 1. The van der Waals surface area contributed by atoms with E-state index in [1.165, 1.54) is 13.8 Å². The number of H-pyrrole nitrogens is 1. The average molecular weight is 687 g/mol. The first kappa shape index (κ1) is 38.1. The van der Waals surface area contributed by atoms with Crippen LogP contribution in [0.1, 0.15) is 72.5 Å². The Morgan fingerprint density at radius 3 is 1.85 bits per heavy atom. The highest BCUT2D eigenvalue weighted by Gasteiger charge is 2.37. The number of benzene rings is 2. The smallest absolute Gasteiger partial charge is 0.416 e. The number of aromatic amines is 1. The third-order valence-electron chi connectivity index (χ3n) is 6.27. The molecule has 19 heteroatoms. The summed E-state index contributed by atoms with van der Waals surface area (Å²) in [6.07, 6.45) is -10.4. The Labute approximate surface area is 258 Å². The number of anilines is 1. The number of rotatable bonds is 9. The lowest BCUT2D eigenvalue weighted by atomic mass is 9.98. The Bertz CT molecular complexity index is 1800. The topological polar surface area (TPSA) is 172 Å². The van der Waals surface area contributed by atoms with Crippen LogP contribution in [0.3, 0.4) is 0 Å².